The maximum atomic E-state index is 12.2. The van der Waals surface area contributed by atoms with Gasteiger partial charge in [-0.15, -0.1) is 0 Å². The number of carbonyl (C=O) groups is 1. The fourth-order valence-corrected chi connectivity index (χ4v) is 2.07. The first kappa shape index (κ1) is 17.9. The van der Waals surface area contributed by atoms with Crippen LogP contribution in [0.3, 0.4) is 0 Å². The Kier molecular flexibility index (Phi) is 5.56. The van der Waals surface area contributed by atoms with Gasteiger partial charge in [0.2, 0.25) is 0 Å². The maximum absolute atomic E-state index is 12.2. The van der Waals surface area contributed by atoms with Gasteiger partial charge in [0.25, 0.3) is 5.89 Å². The van der Waals surface area contributed by atoms with E-state index in [9.17, 15) is 9.90 Å². The zero-order chi connectivity index (χ0) is 17.7. The molecular formula is C17H24N4O3. The Hall–Kier alpha value is -2.41. The highest BCUT2D eigenvalue weighted by molar-refractivity contribution is 5.91. The summed E-state index contributed by atoms with van der Waals surface area (Å²) >= 11 is 0. The number of anilines is 1. The fraction of sp³-hybridized carbons (Fsp3) is 0.471. The molecule has 0 saturated carbocycles. The second-order valence-electron chi connectivity index (χ2n) is 6.05. The van der Waals surface area contributed by atoms with Crippen molar-refractivity contribution in [2.75, 3.05) is 11.9 Å². The normalized spacial score (nSPS) is 13.4. The van der Waals surface area contributed by atoms with Crippen molar-refractivity contribution in [2.45, 2.75) is 46.1 Å². The van der Waals surface area contributed by atoms with Crippen LogP contribution in [0.1, 0.15) is 38.6 Å². The lowest BCUT2D eigenvalue weighted by Crippen LogP contribution is -2.50. The number of nitrogens with one attached hydrogen (secondary N) is 2. The van der Waals surface area contributed by atoms with Crippen molar-refractivity contribution in [2.24, 2.45) is 0 Å². The predicted octanol–water partition coefficient (Wildman–Crippen LogP) is 2.89. The largest absolute Gasteiger partial charge is 0.394 e. The highest BCUT2D eigenvalue weighted by atomic mass is 16.5. The molecule has 0 saturated heterocycles. The average molecular weight is 332 g/mol. The van der Waals surface area contributed by atoms with Gasteiger partial charge in [0.1, 0.15) is 0 Å². The van der Waals surface area contributed by atoms with E-state index in [4.69, 9.17) is 4.52 Å². The first-order valence-corrected chi connectivity index (χ1v) is 8.04. The monoisotopic (exact) mass is 332 g/mol. The second-order valence-corrected chi connectivity index (χ2v) is 6.05. The van der Waals surface area contributed by atoms with Gasteiger partial charge in [-0.1, -0.05) is 25.1 Å². The number of nitrogens with zero attached hydrogens (tertiary/aromatic N) is 2. The third-order valence-electron chi connectivity index (χ3n) is 4.06. The molecule has 1 atom stereocenters. The van der Waals surface area contributed by atoms with E-state index in [-0.39, 0.29) is 12.6 Å². The summed E-state index contributed by atoms with van der Waals surface area (Å²) in [7, 11) is 0. The Labute approximate surface area is 141 Å². The first-order chi connectivity index (χ1) is 11.4. The lowest BCUT2D eigenvalue weighted by molar-refractivity contribution is 0.172. The summed E-state index contributed by atoms with van der Waals surface area (Å²) in [6.45, 7) is 7.42. The lowest BCUT2D eigenvalue weighted by Gasteiger charge is -2.27. The zero-order valence-electron chi connectivity index (χ0n) is 14.5. The number of rotatable bonds is 6. The molecule has 0 bridgehead atoms. The Morgan fingerprint density at radius 3 is 2.71 bits per heavy atom. The van der Waals surface area contributed by atoms with Crippen LogP contribution in [0.25, 0.3) is 11.5 Å². The van der Waals surface area contributed by atoms with Crippen LogP contribution in [0, 0.1) is 6.92 Å². The summed E-state index contributed by atoms with van der Waals surface area (Å²) in [5.74, 6) is 1.06. The Balaban J connectivity index is 2.18. The van der Waals surface area contributed by atoms with Gasteiger partial charge in [0.15, 0.2) is 5.82 Å². The van der Waals surface area contributed by atoms with Gasteiger partial charge in [0, 0.05) is 17.7 Å². The zero-order valence-corrected chi connectivity index (χ0v) is 14.5. The van der Waals surface area contributed by atoms with Gasteiger partial charge in [-0.25, -0.2) is 4.79 Å². The van der Waals surface area contributed by atoms with E-state index < -0.39 is 5.54 Å². The number of carbonyl (C=O) groups excluding carboxylic acids is 1. The van der Waals surface area contributed by atoms with Crippen molar-refractivity contribution in [3.05, 3.63) is 29.6 Å². The van der Waals surface area contributed by atoms with Crippen molar-refractivity contribution >= 4 is 11.7 Å². The molecule has 24 heavy (non-hydrogen) atoms. The number of aromatic nitrogens is 2. The summed E-state index contributed by atoms with van der Waals surface area (Å²) < 4.78 is 5.23. The standard InChI is InChI=1S/C17H24N4O3/c1-5-14-19-15(24-21-14)12-8-7-11(3)13(9-12)18-16(23)20-17(4,6-2)10-22/h7-9,22H,5-6,10H2,1-4H3,(H2,18,20,23). The molecule has 7 heteroatoms. The minimum atomic E-state index is -0.655. The van der Waals surface area contributed by atoms with E-state index in [0.717, 1.165) is 11.1 Å². The number of hydrogen-bond donors (Lipinski definition) is 3. The van der Waals surface area contributed by atoms with Crippen LogP contribution in [-0.4, -0.2) is 33.4 Å². The maximum Gasteiger partial charge on any atom is 0.319 e. The van der Waals surface area contributed by atoms with Crippen LogP contribution in [0.2, 0.25) is 0 Å². The first-order valence-electron chi connectivity index (χ1n) is 8.04. The summed E-state index contributed by atoms with van der Waals surface area (Å²) in [6.07, 6.45) is 1.32. The van der Waals surface area contributed by atoms with Crippen LogP contribution < -0.4 is 10.6 Å². The Morgan fingerprint density at radius 2 is 2.12 bits per heavy atom. The van der Waals surface area contributed by atoms with E-state index >= 15 is 0 Å². The van der Waals surface area contributed by atoms with Gasteiger partial charge >= 0.3 is 6.03 Å². The van der Waals surface area contributed by atoms with Crippen LogP contribution in [0.4, 0.5) is 10.5 Å². The van der Waals surface area contributed by atoms with Crippen LogP contribution in [0.15, 0.2) is 22.7 Å². The predicted molar refractivity (Wildman–Crippen MR) is 91.8 cm³/mol. The molecule has 1 aromatic heterocycles. The molecule has 3 N–H and O–H groups in total. The molecule has 1 aromatic carbocycles. The van der Waals surface area contributed by atoms with Crippen LogP contribution in [0.5, 0.6) is 0 Å². The molecule has 130 valence electrons. The fourth-order valence-electron chi connectivity index (χ4n) is 2.07. The van der Waals surface area contributed by atoms with Crippen molar-refractivity contribution in [3.8, 4) is 11.5 Å². The molecule has 2 aromatic rings. The van der Waals surface area contributed by atoms with E-state index in [1.54, 1.807) is 13.0 Å². The molecule has 0 aliphatic rings. The smallest absolute Gasteiger partial charge is 0.319 e. The number of aryl methyl sites for hydroxylation is 2. The highest BCUT2D eigenvalue weighted by Crippen LogP contribution is 2.24. The molecule has 2 rings (SSSR count). The summed E-state index contributed by atoms with van der Waals surface area (Å²) in [4.78, 5) is 16.5. The molecule has 0 radical (unpaired) electrons. The van der Waals surface area contributed by atoms with Crippen LogP contribution >= 0.6 is 0 Å². The van der Waals surface area contributed by atoms with Crippen molar-refractivity contribution in [1.29, 1.82) is 0 Å². The number of hydrogen-bond acceptors (Lipinski definition) is 5. The van der Waals surface area contributed by atoms with Crippen molar-refractivity contribution in [3.63, 3.8) is 0 Å². The van der Waals surface area contributed by atoms with E-state index in [2.05, 4.69) is 20.8 Å². The molecule has 0 spiro atoms. The topological polar surface area (TPSA) is 100 Å². The van der Waals surface area contributed by atoms with E-state index in [1.807, 2.05) is 32.9 Å². The third-order valence-corrected chi connectivity index (χ3v) is 4.06. The minimum absolute atomic E-state index is 0.127. The Morgan fingerprint density at radius 1 is 1.38 bits per heavy atom. The van der Waals surface area contributed by atoms with Gasteiger partial charge in [-0.3, -0.25) is 0 Å². The van der Waals surface area contributed by atoms with Gasteiger partial charge < -0.3 is 20.3 Å². The molecular weight excluding hydrogens is 308 g/mol. The number of amides is 2. The second kappa shape index (κ2) is 7.44. The van der Waals surface area contributed by atoms with Gasteiger partial charge in [-0.05, 0) is 38.0 Å². The van der Waals surface area contributed by atoms with E-state index in [1.165, 1.54) is 0 Å². The molecule has 0 aliphatic carbocycles. The summed E-state index contributed by atoms with van der Waals surface area (Å²) in [5, 5.41) is 18.9. The number of benzene rings is 1. The van der Waals surface area contributed by atoms with Gasteiger partial charge in [-0.2, -0.15) is 4.98 Å². The Bertz CT molecular complexity index is 708. The van der Waals surface area contributed by atoms with Crippen molar-refractivity contribution in [1.82, 2.24) is 15.5 Å². The minimum Gasteiger partial charge on any atom is -0.394 e. The molecule has 0 aliphatic heterocycles. The summed E-state index contributed by atoms with van der Waals surface area (Å²) in [6, 6.07) is 5.18. The third kappa shape index (κ3) is 4.11. The SMILES string of the molecule is CCc1noc(-c2ccc(C)c(NC(=O)NC(C)(CC)CO)c2)n1. The molecule has 1 heterocycles. The number of aliphatic hydroxyl groups excluding tert-OH is 1. The number of aliphatic hydroxyl groups is 1. The molecule has 7 nitrogen and oxygen atoms in total. The summed E-state index contributed by atoms with van der Waals surface area (Å²) in [5.41, 5.74) is 1.64. The number of urea groups is 1. The van der Waals surface area contributed by atoms with Crippen molar-refractivity contribution < 1.29 is 14.4 Å². The molecule has 1 unspecified atom stereocenters. The molecule has 0 fully saturated rings. The van der Waals surface area contributed by atoms with Gasteiger partial charge in [0.05, 0.1) is 12.1 Å². The lowest BCUT2D eigenvalue weighted by atomic mass is 10.0. The molecule has 2 amide bonds. The average Bonchev–Trinajstić information content (AvgIpc) is 3.05. The highest BCUT2D eigenvalue weighted by Gasteiger charge is 2.23. The van der Waals surface area contributed by atoms with Crippen LogP contribution in [-0.2, 0) is 6.42 Å². The van der Waals surface area contributed by atoms with E-state index in [0.29, 0.717) is 30.2 Å². The quantitative estimate of drug-likeness (QED) is 0.755.